The first-order valence-electron chi connectivity index (χ1n) is 7.63. The average molecular weight is 467 g/mol. The Bertz CT molecular complexity index is 609. The van der Waals surface area contributed by atoms with E-state index < -0.39 is 7.26 Å². The molecule has 126 valence electrons. The van der Waals surface area contributed by atoms with Crippen molar-refractivity contribution in [1.82, 2.24) is 0 Å². The minimum atomic E-state index is -1.68. The van der Waals surface area contributed by atoms with E-state index in [2.05, 4.69) is 91.0 Å². The predicted octanol–water partition coefficient (Wildman–Crippen LogP) is 0.00130. The van der Waals surface area contributed by atoms with E-state index in [4.69, 9.17) is 5.73 Å². The van der Waals surface area contributed by atoms with Crippen LogP contribution in [0.15, 0.2) is 91.0 Å². The molecular weight excluding hydrogens is 443 g/mol. The van der Waals surface area contributed by atoms with Crippen molar-refractivity contribution in [3.05, 3.63) is 91.0 Å². The van der Waals surface area contributed by atoms with Crippen molar-refractivity contribution in [2.75, 3.05) is 12.7 Å². The van der Waals surface area contributed by atoms with Crippen LogP contribution in [0.4, 0.5) is 0 Å². The third kappa shape index (κ3) is 4.24. The van der Waals surface area contributed by atoms with Crippen molar-refractivity contribution in [2.24, 2.45) is 5.73 Å². The number of nitrogens with two attached hydrogens (primary N) is 1. The van der Waals surface area contributed by atoms with Gasteiger partial charge in [0.25, 0.3) is 0 Å². The Morgan fingerprint density at radius 1 is 0.583 bits per heavy atom. The monoisotopic (exact) mass is 467 g/mol. The minimum absolute atomic E-state index is 0. The quantitative estimate of drug-likeness (QED) is 0.415. The van der Waals surface area contributed by atoms with Crippen molar-refractivity contribution in [3.63, 3.8) is 0 Å². The van der Waals surface area contributed by atoms with Gasteiger partial charge in [0.1, 0.15) is 23.2 Å². The summed E-state index contributed by atoms with van der Waals surface area (Å²) in [6.07, 6.45) is 0.991. The smallest absolute Gasteiger partial charge is 0.113 e. The second-order valence-corrected chi connectivity index (χ2v) is 8.94. The highest BCUT2D eigenvalue weighted by Crippen LogP contribution is 2.54. The maximum atomic E-state index is 6.05. The van der Waals surface area contributed by atoms with Crippen molar-refractivity contribution in [3.8, 4) is 0 Å². The normalized spacial score (nSPS) is 10.4. The number of halogens is 1. The molecule has 4 heteroatoms. The van der Waals surface area contributed by atoms with Crippen molar-refractivity contribution >= 4 is 33.1 Å². The van der Waals surface area contributed by atoms with E-state index in [-0.39, 0.29) is 33.9 Å². The van der Waals surface area contributed by atoms with Crippen molar-refractivity contribution < 1.29 is 24.0 Å². The molecule has 3 aromatic carbocycles. The highest BCUT2D eigenvalue weighted by molar-refractivity contribution is 7.95. The van der Waals surface area contributed by atoms with Gasteiger partial charge < -0.3 is 29.7 Å². The van der Waals surface area contributed by atoms with Gasteiger partial charge in [-0.2, -0.15) is 9.90 Å². The zero-order valence-corrected chi connectivity index (χ0v) is 18.2. The molecular formula is C20H24INP2. The van der Waals surface area contributed by atoms with Gasteiger partial charge in [-0.05, 0) is 36.4 Å². The van der Waals surface area contributed by atoms with Crippen LogP contribution in [0.2, 0.25) is 0 Å². The molecule has 0 amide bonds. The van der Waals surface area contributed by atoms with Crippen LogP contribution in [-0.4, -0.2) is 12.7 Å². The predicted molar refractivity (Wildman–Crippen MR) is 110 cm³/mol. The van der Waals surface area contributed by atoms with Crippen LogP contribution in [0.25, 0.3) is 0 Å². The third-order valence-corrected chi connectivity index (χ3v) is 8.52. The molecule has 3 rings (SSSR count). The lowest BCUT2D eigenvalue weighted by Gasteiger charge is -2.27. The van der Waals surface area contributed by atoms with Gasteiger partial charge in [-0.25, -0.2) is 0 Å². The van der Waals surface area contributed by atoms with E-state index in [0.29, 0.717) is 6.54 Å². The fraction of sp³-hybridized carbons (Fsp3) is 0.100. The Morgan fingerprint density at radius 3 is 1.12 bits per heavy atom. The van der Waals surface area contributed by atoms with Gasteiger partial charge in [-0.15, -0.1) is 0 Å². The lowest BCUT2D eigenvalue weighted by Crippen LogP contribution is -3.00. The van der Waals surface area contributed by atoms with Crippen LogP contribution in [0, 0.1) is 0 Å². The Kier molecular flexibility index (Phi) is 9.08. The molecule has 0 aliphatic carbocycles. The number of rotatable bonds is 5. The van der Waals surface area contributed by atoms with Crippen LogP contribution < -0.4 is 45.6 Å². The van der Waals surface area contributed by atoms with E-state index in [0.717, 1.165) is 6.16 Å². The summed E-state index contributed by atoms with van der Waals surface area (Å²) in [6.45, 7) is 0.687. The van der Waals surface area contributed by atoms with Crippen LogP contribution in [0.1, 0.15) is 0 Å². The maximum absolute atomic E-state index is 6.05. The average Bonchev–Trinajstić information content (AvgIpc) is 2.62. The molecule has 1 nitrogen and oxygen atoms in total. The first-order chi connectivity index (χ1) is 10.9. The Balaban J connectivity index is 0.00000144. The topological polar surface area (TPSA) is 26.0 Å². The largest absolute Gasteiger partial charge is 1.00 e. The van der Waals surface area contributed by atoms with E-state index in [1.807, 2.05) is 0 Å². The first-order valence-corrected chi connectivity index (χ1v) is 9.60. The highest BCUT2D eigenvalue weighted by atomic mass is 127. The zero-order chi connectivity index (χ0) is 15.3. The summed E-state index contributed by atoms with van der Waals surface area (Å²) < 4.78 is 0. The molecule has 0 saturated heterocycles. The third-order valence-electron chi connectivity index (χ3n) is 4.06. The van der Waals surface area contributed by atoms with Gasteiger partial charge in [0.15, 0.2) is 0 Å². The molecule has 2 N–H and O–H groups in total. The molecule has 0 aliphatic rings. The second kappa shape index (κ2) is 10.3. The number of hydrogen-bond acceptors (Lipinski definition) is 1. The Labute approximate surface area is 166 Å². The lowest BCUT2D eigenvalue weighted by molar-refractivity contribution is -0.00000450. The molecule has 0 aromatic heterocycles. The summed E-state index contributed by atoms with van der Waals surface area (Å²) in [5, 5.41) is 4.20. The molecule has 0 aliphatic heterocycles. The molecule has 0 heterocycles. The van der Waals surface area contributed by atoms with E-state index in [1.54, 1.807) is 0 Å². The van der Waals surface area contributed by atoms with Gasteiger partial charge in [-0.3, -0.25) is 0 Å². The summed E-state index contributed by atoms with van der Waals surface area (Å²) in [5.74, 6) is 0. The van der Waals surface area contributed by atoms with E-state index in [1.165, 1.54) is 15.9 Å². The summed E-state index contributed by atoms with van der Waals surface area (Å²) >= 11 is 0. The standard InChI is InChI=1S/C20H21NP.HI.H3P/c21-16-17-22(18-10-4-1-5-11-18,19-12-6-2-7-13-19)20-14-8-3-9-15-20;;/h1-15H,16-17,21H2;1H;1H3/q+1;;/p-1. The first kappa shape index (κ1) is 21.3. The van der Waals surface area contributed by atoms with Gasteiger partial charge in [0.2, 0.25) is 0 Å². The van der Waals surface area contributed by atoms with Crippen LogP contribution >= 0.6 is 17.2 Å². The molecule has 1 atom stereocenters. The molecule has 0 fully saturated rings. The number of hydrogen-bond donors (Lipinski definition) is 1. The molecule has 1 unspecified atom stereocenters. The van der Waals surface area contributed by atoms with Crippen molar-refractivity contribution in [2.45, 2.75) is 0 Å². The molecule has 0 spiro atoms. The minimum Gasteiger partial charge on any atom is -1.00 e. The Morgan fingerprint density at radius 2 is 0.875 bits per heavy atom. The van der Waals surface area contributed by atoms with E-state index >= 15 is 0 Å². The summed E-state index contributed by atoms with van der Waals surface area (Å²) in [5.41, 5.74) is 6.05. The van der Waals surface area contributed by atoms with Crippen LogP contribution in [0.5, 0.6) is 0 Å². The van der Waals surface area contributed by atoms with Crippen molar-refractivity contribution in [1.29, 1.82) is 0 Å². The maximum Gasteiger partial charge on any atom is 0.113 e. The van der Waals surface area contributed by atoms with Gasteiger partial charge in [-0.1, -0.05) is 54.6 Å². The van der Waals surface area contributed by atoms with Gasteiger partial charge >= 0.3 is 0 Å². The van der Waals surface area contributed by atoms with Gasteiger partial charge in [0.05, 0.1) is 6.16 Å². The SMILES string of the molecule is NCC[P+](c1ccccc1)(c1ccccc1)c1ccccc1.P.[I-]. The fourth-order valence-electron chi connectivity index (χ4n) is 3.08. The molecule has 0 bridgehead atoms. The fourth-order valence-corrected chi connectivity index (χ4v) is 7.18. The van der Waals surface area contributed by atoms with Crippen LogP contribution in [0.3, 0.4) is 0 Å². The van der Waals surface area contributed by atoms with Crippen LogP contribution in [-0.2, 0) is 0 Å². The summed E-state index contributed by atoms with van der Waals surface area (Å²) in [4.78, 5) is 0. The van der Waals surface area contributed by atoms with Gasteiger partial charge in [0, 0.05) is 6.54 Å². The summed E-state index contributed by atoms with van der Waals surface area (Å²) in [6, 6.07) is 32.5. The number of benzene rings is 3. The molecule has 0 radical (unpaired) electrons. The second-order valence-electron chi connectivity index (χ2n) is 5.33. The Hall–Kier alpha value is -0.790. The highest BCUT2D eigenvalue weighted by Gasteiger charge is 2.44. The lowest BCUT2D eigenvalue weighted by atomic mass is 10.4. The zero-order valence-electron chi connectivity index (χ0n) is 13.7. The molecule has 24 heavy (non-hydrogen) atoms. The van der Waals surface area contributed by atoms with E-state index in [9.17, 15) is 0 Å². The molecule has 3 aromatic rings. The molecule has 0 saturated carbocycles. The summed E-state index contributed by atoms with van der Waals surface area (Å²) in [7, 11) is -1.68.